The summed E-state index contributed by atoms with van der Waals surface area (Å²) in [6.07, 6.45) is 3.77. The fraction of sp³-hybridized carbons (Fsp3) is 0.158. The zero-order valence-electron chi connectivity index (χ0n) is 14.2. The summed E-state index contributed by atoms with van der Waals surface area (Å²) in [5.74, 6) is -0.197. The van der Waals surface area contributed by atoms with Gasteiger partial charge >= 0.3 is 0 Å². The largest absolute Gasteiger partial charge is 0.350 e. The molecule has 0 bridgehead atoms. The van der Waals surface area contributed by atoms with E-state index in [1.54, 1.807) is 24.5 Å². The summed E-state index contributed by atoms with van der Waals surface area (Å²) in [4.78, 5) is 31.7. The Morgan fingerprint density at radius 1 is 1.15 bits per heavy atom. The van der Waals surface area contributed by atoms with Crippen molar-refractivity contribution in [3.8, 4) is 10.6 Å². The summed E-state index contributed by atoms with van der Waals surface area (Å²) in [6, 6.07) is 11.0. The van der Waals surface area contributed by atoms with Crippen LogP contribution in [0.15, 0.2) is 54.2 Å². The maximum absolute atomic E-state index is 12.1. The van der Waals surface area contributed by atoms with Gasteiger partial charge in [-0.2, -0.15) is 0 Å². The molecule has 1 aromatic carbocycles. The van der Waals surface area contributed by atoms with Gasteiger partial charge in [-0.05, 0) is 29.8 Å². The van der Waals surface area contributed by atoms with E-state index in [0.717, 1.165) is 21.8 Å². The van der Waals surface area contributed by atoms with Gasteiger partial charge in [0.15, 0.2) is 0 Å². The number of carbonyl (C=O) groups is 2. The minimum atomic E-state index is -0.121. The highest BCUT2D eigenvalue weighted by Crippen LogP contribution is 2.22. The van der Waals surface area contributed by atoms with Crippen LogP contribution < -0.4 is 10.6 Å². The molecule has 0 aliphatic rings. The number of amides is 2. The monoisotopic (exact) mass is 366 g/mol. The third-order valence-electron chi connectivity index (χ3n) is 3.57. The van der Waals surface area contributed by atoms with E-state index in [9.17, 15) is 9.59 Å². The molecule has 26 heavy (non-hydrogen) atoms. The SMILES string of the molecule is CC(=O)Nc1ccc(CC(=O)NCc2csc(-c3cccnc3)n2)cc1. The van der Waals surface area contributed by atoms with E-state index in [1.807, 2.05) is 29.6 Å². The molecule has 6 nitrogen and oxygen atoms in total. The Labute approximate surface area is 155 Å². The van der Waals surface area contributed by atoms with E-state index in [-0.39, 0.29) is 18.2 Å². The van der Waals surface area contributed by atoms with Gasteiger partial charge in [-0.1, -0.05) is 12.1 Å². The van der Waals surface area contributed by atoms with Crippen LogP contribution in [0.4, 0.5) is 5.69 Å². The number of benzene rings is 1. The van der Waals surface area contributed by atoms with Gasteiger partial charge in [-0.3, -0.25) is 14.6 Å². The fourth-order valence-electron chi connectivity index (χ4n) is 2.36. The maximum atomic E-state index is 12.1. The summed E-state index contributed by atoms with van der Waals surface area (Å²) in [6.45, 7) is 1.85. The molecule has 2 heterocycles. The average molecular weight is 366 g/mol. The van der Waals surface area contributed by atoms with E-state index in [1.165, 1.54) is 18.3 Å². The Morgan fingerprint density at radius 3 is 2.65 bits per heavy atom. The van der Waals surface area contributed by atoms with E-state index in [2.05, 4.69) is 20.6 Å². The van der Waals surface area contributed by atoms with Crippen molar-refractivity contribution in [3.63, 3.8) is 0 Å². The second kappa shape index (κ2) is 8.35. The lowest BCUT2D eigenvalue weighted by molar-refractivity contribution is -0.120. The van der Waals surface area contributed by atoms with E-state index >= 15 is 0 Å². The van der Waals surface area contributed by atoms with E-state index < -0.39 is 0 Å². The van der Waals surface area contributed by atoms with Gasteiger partial charge < -0.3 is 10.6 Å². The second-order valence-electron chi connectivity index (χ2n) is 5.72. The van der Waals surface area contributed by atoms with Crippen molar-refractivity contribution in [2.45, 2.75) is 19.9 Å². The standard InChI is InChI=1S/C19H18N4O2S/c1-13(24)22-16-6-4-14(5-7-16)9-18(25)21-11-17-12-26-19(23-17)15-3-2-8-20-10-15/h2-8,10,12H,9,11H2,1H3,(H,21,25)(H,22,24). The Morgan fingerprint density at radius 2 is 1.96 bits per heavy atom. The molecular formula is C19H18N4O2S. The summed E-state index contributed by atoms with van der Waals surface area (Å²) in [5.41, 5.74) is 3.38. The molecule has 0 spiro atoms. The molecule has 0 saturated heterocycles. The van der Waals surface area contributed by atoms with Gasteiger partial charge in [0.25, 0.3) is 0 Å². The molecule has 0 aliphatic carbocycles. The van der Waals surface area contributed by atoms with Gasteiger partial charge in [0.1, 0.15) is 5.01 Å². The zero-order valence-corrected chi connectivity index (χ0v) is 15.0. The lowest BCUT2D eigenvalue weighted by atomic mass is 10.1. The highest BCUT2D eigenvalue weighted by Gasteiger charge is 2.07. The van der Waals surface area contributed by atoms with Gasteiger partial charge in [0, 0.05) is 35.9 Å². The number of nitrogens with zero attached hydrogens (tertiary/aromatic N) is 2. The van der Waals surface area contributed by atoms with Crippen LogP contribution in [0.5, 0.6) is 0 Å². The van der Waals surface area contributed by atoms with Crippen molar-refractivity contribution in [2.75, 3.05) is 5.32 Å². The number of thiazole rings is 1. The van der Waals surface area contributed by atoms with Crippen molar-refractivity contribution in [1.29, 1.82) is 0 Å². The minimum Gasteiger partial charge on any atom is -0.350 e. The normalized spacial score (nSPS) is 10.3. The Kier molecular flexibility index (Phi) is 5.70. The van der Waals surface area contributed by atoms with Crippen LogP contribution in [0.2, 0.25) is 0 Å². The predicted molar refractivity (Wildman–Crippen MR) is 102 cm³/mol. The average Bonchev–Trinajstić information content (AvgIpc) is 3.11. The third-order valence-corrected chi connectivity index (χ3v) is 4.51. The Hall–Kier alpha value is -3.06. The maximum Gasteiger partial charge on any atom is 0.224 e. The molecule has 3 rings (SSSR count). The number of pyridine rings is 1. The quantitative estimate of drug-likeness (QED) is 0.702. The van der Waals surface area contributed by atoms with Gasteiger partial charge in [-0.25, -0.2) is 4.98 Å². The number of rotatable bonds is 6. The highest BCUT2D eigenvalue weighted by atomic mass is 32.1. The van der Waals surface area contributed by atoms with Crippen LogP contribution in [0.1, 0.15) is 18.2 Å². The van der Waals surface area contributed by atoms with Crippen LogP contribution in [0, 0.1) is 0 Å². The molecule has 2 N–H and O–H groups in total. The van der Waals surface area contributed by atoms with Crippen LogP contribution in [-0.4, -0.2) is 21.8 Å². The number of aromatic nitrogens is 2. The Balaban J connectivity index is 1.51. The molecule has 2 aromatic heterocycles. The van der Waals surface area contributed by atoms with E-state index in [0.29, 0.717) is 12.2 Å². The topological polar surface area (TPSA) is 84.0 Å². The summed E-state index contributed by atoms with van der Waals surface area (Å²) < 4.78 is 0. The number of anilines is 1. The Bertz CT molecular complexity index is 891. The predicted octanol–water partition coefficient (Wildman–Crippen LogP) is 3.02. The first kappa shape index (κ1) is 17.8. The number of hydrogen-bond donors (Lipinski definition) is 2. The smallest absolute Gasteiger partial charge is 0.224 e. The lowest BCUT2D eigenvalue weighted by Crippen LogP contribution is -2.24. The molecule has 0 radical (unpaired) electrons. The van der Waals surface area contributed by atoms with Crippen molar-refractivity contribution in [1.82, 2.24) is 15.3 Å². The van der Waals surface area contributed by atoms with Crippen molar-refractivity contribution >= 4 is 28.8 Å². The minimum absolute atomic E-state index is 0.0757. The fourth-order valence-corrected chi connectivity index (χ4v) is 3.17. The lowest BCUT2D eigenvalue weighted by Gasteiger charge is -2.05. The van der Waals surface area contributed by atoms with Gasteiger partial charge in [0.05, 0.1) is 18.7 Å². The number of nitrogens with one attached hydrogen (secondary N) is 2. The summed E-state index contributed by atoms with van der Waals surface area (Å²) >= 11 is 1.53. The molecule has 0 unspecified atom stereocenters. The van der Waals surface area contributed by atoms with E-state index in [4.69, 9.17) is 0 Å². The van der Waals surface area contributed by atoms with Crippen molar-refractivity contribution in [2.24, 2.45) is 0 Å². The molecule has 0 aliphatic heterocycles. The number of hydrogen-bond acceptors (Lipinski definition) is 5. The number of carbonyl (C=O) groups excluding carboxylic acids is 2. The van der Waals surface area contributed by atoms with Crippen LogP contribution in [-0.2, 0) is 22.6 Å². The molecule has 0 fully saturated rings. The first-order valence-electron chi connectivity index (χ1n) is 8.08. The zero-order chi connectivity index (χ0) is 18.4. The molecule has 7 heteroatoms. The summed E-state index contributed by atoms with van der Waals surface area (Å²) in [7, 11) is 0. The van der Waals surface area contributed by atoms with Crippen molar-refractivity contribution in [3.05, 3.63) is 65.4 Å². The van der Waals surface area contributed by atoms with Crippen LogP contribution in [0.25, 0.3) is 10.6 Å². The third kappa shape index (κ3) is 4.97. The summed E-state index contributed by atoms with van der Waals surface area (Å²) in [5, 5.41) is 8.40. The first-order chi connectivity index (χ1) is 12.6. The first-order valence-corrected chi connectivity index (χ1v) is 8.96. The van der Waals surface area contributed by atoms with Gasteiger partial charge in [0.2, 0.25) is 11.8 Å². The van der Waals surface area contributed by atoms with Crippen LogP contribution >= 0.6 is 11.3 Å². The van der Waals surface area contributed by atoms with Gasteiger partial charge in [-0.15, -0.1) is 11.3 Å². The second-order valence-corrected chi connectivity index (χ2v) is 6.58. The molecular weight excluding hydrogens is 348 g/mol. The van der Waals surface area contributed by atoms with Crippen molar-refractivity contribution < 1.29 is 9.59 Å². The molecule has 0 atom stereocenters. The van der Waals surface area contributed by atoms with Crippen LogP contribution in [0.3, 0.4) is 0 Å². The molecule has 132 valence electrons. The molecule has 0 saturated carbocycles. The highest BCUT2D eigenvalue weighted by molar-refractivity contribution is 7.13. The molecule has 3 aromatic rings. The molecule has 2 amide bonds.